The molecule has 3 fully saturated rings. The summed E-state index contributed by atoms with van der Waals surface area (Å²) in [4.78, 5) is 37.9. The fourth-order valence-corrected chi connectivity index (χ4v) is 5.09. The maximum atomic E-state index is 14.0. The van der Waals surface area contributed by atoms with Crippen LogP contribution in [0.3, 0.4) is 0 Å². The molecule has 4 rings (SSSR count). The average molecular weight is 512 g/mol. The summed E-state index contributed by atoms with van der Waals surface area (Å²) in [5, 5.41) is 8.66. The molecule has 0 bridgehead atoms. The Morgan fingerprint density at radius 2 is 2.00 bits per heavy atom. The molecule has 3 amide bonds. The van der Waals surface area contributed by atoms with Gasteiger partial charge in [-0.05, 0) is 63.1 Å². The first-order chi connectivity index (χ1) is 16.4. The van der Waals surface area contributed by atoms with Gasteiger partial charge in [0.1, 0.15) is 11.6 Å². The summed E-state index contributed by atoms with van der Waals surface area (Å²) >= 11 is 6.07. The smallest absolute Gasteiger partial charge is 0.408 e. The van der Waals surface area contributed by atoms with E-state index in [1.54, 1.807) is 25.1 Å². The van der Waals surface area contributed by atoms with Crippen molar-refractivity contribution in [3.63, 3.8) is 0 Å². The third-order valence-corrected chi connectivity index (χ3v) is 7.64. The zero-order chi connectivity index (χ0) is 25.4. The molecule has 1 heterocycles. The summed E-state index contributed by atoms with van der Waals surface area (Å²) in [6, 6.07) is 5.45. The van der Waals surface area contributed by atoms with Gasteiger partial charge in [0, 0.05) is 35.4 Å². The van der Waals surface area contributed by atoms with Gasteiger partial charge in [-0.1, -0.05) is 30.7 Å². The van der Waals surface area contributed by atoms with E-state index in [2.05, 4.69) is 16.0 Å². The Bertz CT molecular complexity index is 1000. The molecular formula is C25H32ClF2N3O4. The number of hydrogen-bond acceptors (Lipinski definition) is 4. The van der Waals surface area contributed by atoms with Gasteiger partial charge in [-0.25, -0.2) is 13.6 Å². The summed E-state index contributed by atoms with van der Waals surface area (Å²) in [5.74, 6) is -3.71. The Kier molecular flexibility index (Phi) is 7.01. The molecule has 3 aliphatic rings. The third-order valence-electron chi connectivity index (χ3n) is 7.40. The Balaban J connectivity index is 1.40. The van der Waals surface area contributed by atoms with E-state index in [4.69, 9.17) is 16.3 Å². The second-order valence-corrected chi connectivity index (χ2v) is 10.9. The van der Waals surface area contributed by atoms with Gasteiger partial charge in [-0.2, -0.15) is 0 Å². The third kappa shape index (κ3) is 5.88. The molecule has 1 aliphatic heterocycles. The molecule has 0 aromatic heterocycles. The van der Waals surface area contributed by atoms with Crippen LogP contribution in [0, 0.1) is 11.3 Å². The van der Waals surface area contributed by atoms with E-state index < -0.39 is 35.0 Å². The van der Waals surface area contributed by atoms with Crippen molar-refractivity contribution in [2.45, 2.75) is 82.4 Å². The van der Waals surface area contributed by atoms with Gasteiger partial charge < -0.3 is 20.7 Å². The quantitative estimate of drug-likeness (QED) is 0.461. The highest BCUT2D eigenvalue weighted by Gasteiger charge is 2.68. The second-order valence-electron chi connectivity index (χ2n) is 10.5. The summed E-state index contributed by atoms with van der Waals surface area (Å²) < 4.78 is 33.6. The maximum Gasteiger partial charge on any atom is 0.408 e. The van der Waals surface area contributed by atoms with Crippen LogP contribution in [0.5, 0.6) is 0 Å². The Labute approximate surface area is 208 Å². The van der Waals surface area contributed by atoms with Crippen LogP contribution in [0.4, 0.5) is 13.6 Å². The molecular weight excluding hydrogens is 480 g/mol. The minimum Gasteiger partial charge on any atom is -0.438 e. The molecule has 192 valence electrons. The van der Waals surface area contributed by atoms with Gasteiger partial charge >= 0.3 is 6.09 Å². The van der Waals surface area contributed by atoms with E-state index in [9.17, 15) is 23.2 Å². The molecule has 3 N–H and O–H groups in total. The first-order valence-electron chi connectivity index (χ1n) is 12.1. The number of alkyl carbamates (subject to hydrolysis) is 1. The number of piperidine rings is 1. The Morgan fingerprint density at radius 3 is 2.60 bits per heavy atom. The average Bonchev–Trinajstić information content (AvgIpc) is 3.65. The highest BCUT2D eigenvalue weighted by molar-refractivity contribution is 6.30. The maximum absolute atomic E-state index is 14.0. The Hall–Kier alpha value is -2.42. The fraction of sp³-hybridized carbons (Fsp3) is 0.640. The molecule has 0 spiro atoms. The van der Waals surface area contributed by atoms with Gasteiger partial charge in [0.15, 0.2) is 0 Å². The van der Waals surface area contributed by atoms with Crippen molar-refractivity contribution in [2.75, 3.05) is 6.54 Å². The number of carbonyl (C=O) groups excluding carboxylic acids is 3. The second kappa shape index (κ2) is 9.56. The number of carbonyl (C=O) groups is 3. The number of rotatable bonds is 9. The SMILES string of the molecule is C[C@H](C[C@@H]1CCCNC1=O)NC(=O)C(CC1(C)CC1(F)F)NC(=O)OC1(c2cccc(Cl)c2)CC1. The van der Waals surface area contributed by atoms with E-state index in [0.717, 1.165) is 18.4 Å². The molecule has 10 heteroatoms. The Morgan fingerprint density at radius 1 is 1.29 bits per heavy atom. The highest BCUT2D eigenvalue weighted by Crippen LogP contribution is 2.62. The van der Waals surface area contributed by atoms with Gasteiger partial charge in [-0.15, -0.1) is 0 Å². The van der Waals surface area contributed by atoms with Crippen molar-refractivity contribution in [1.29, 1.82) is 0 Å². The molecule has 2 saturated carbocycles. The molecule has 2 unspecified atom stereocenters. The number of nitrogens with one attached hydrogen (secondary N) is 3. The summed E-state index contributed by atoms with van der Waals surface area (Å²) in [7, 11) is 0. The minimum absolute atomic E-state index is 0.0449. The molecule has 1 saturated heterocycles. The van der Waals surface area contributed by atoms with Gasteiger partial charge in [-0.3, -0.25) is 9.59 Å². The van der Waals surface area contributed by atoms with Crippen molar-refractivity contribution in [3.05, 3.63) is 34.9 Å². The summed E-state index contributed by atoms with van der Waals surface area (Å²) in [6.07, 6.45) is 1.84. The number of benzene rings is 1. The molecule has 35 heavy (non-hydrogen) atoms. The first-order valence-corrected chi connectivity index (χ1v) is 12.5. The lowest BCUT2D eigenvalue weighted by Gasteiger charge is -2.27. The van der Waals surface area contributed by atoms with Crippen molar-refractivity contribution >= 4 is 29.5 Å². The van der Waals surface area contributed by atoms with Crippen LogP contribution in [-0.4, -0.2) is 42.5 Å². The van der Waals surface area contributed by atoms with E-state index in [1.165, 1.54) is 6.92 Å². The number of amides is 3. The zero-order valence-corrected chi connectivity index (χ0v) is 20.7. The van der Waals surface area contributed by atoms with Crippen LogP contribution < -0.4 is 16.0 Å². The molecule has 1 aromatic carbocycles. The number of ether oxygens (including phenoxy) is 1. The van der Waals surface area contributed by atoms with E-state index >= 15 is 0 Å². The lowest BCUT2D eigenvalue weighted by atomic mass is 9.91. The molecule has 4 atom stereocenters. The van der Waals surface area contributed by atoms with Crippen molar-refractivity contribution in [3.8, 4) is 0 Å². The van der Waals surface area contributed by atoms with E-state index in [0.29, 0.717) is 30.8 Å². The van der Waals surface area contributed by atoms with Crippen LogP contribution in [-0.2, 0) is 19.9 Å². The van der Waals surface area contributed by atoms with Crippen molar-refractivity contribution in [2.24, 2.45) is 11.3 Å². The van der Waals surface area contributed by atoms with Crippen LogP contribution >= 0.6 is 11.6 Å². The molecule has 7 nitrogen and oxygen atoms in total. The van der Waals surface area contributed by atoms with Gasteiger partial charge in [0.25, 0.3) is 5.92 Å². The lowest BCUT2D eigenvalue weighted by Crippen LogP contribution is -2.51. The highest BCUT2D eigenvalue weighted by atomic mass is 35.5. The van der Waals surface area contributed by atoms with Crippen LogP contribution in [0.1, 0.15) is 64.4 Å². The predicted octanol–water partition coefficient (Wildman–Crippen LogP) is 4.28. The zero-order valence-electron chi connectivity index (χ0n) is 20.0. The topological polar surface area (TPSA) is 96.5 Å². The van der Waals surface area contributed by atoms with Crippen molar-refractivity contribution < 1.29 is 27.9 Å². The van der Waals surface area contributed by atoms with Crippen LogP contribution in [0.2, 0.25) is 5.02 Å². The first kappa shape index (κ1) is 25.7. The van der Waals surface area contributed by atoms with Crippen LogP contribution in [0.15, 0.2) is 24.3 Å². The van der Waals surface area contributed by atoms with Crippen LogP contribution in [0.25, 0.3) is 0 Å². The van der Waals surface area contributed by atoms with E-state index in [1.807, 2.05) is 6.07 Å². The predicted molar refractivity (Wildman–Crippen MR) is 126 cm³/mol. The lowest BCUT2D eigenvalue weighted by molar-refractivity contribution is -0.128. The number of halogens is 3. The fourth-order valence-electron chi connectivity index (χ4n) is 4.90. The molecule has 0 radical (unpaired) electrons. The van der Waals surface area contributed by atoms with Gasteiger partial charge in [0.2, 0.25) is 11.8 Å². The number of hydrogen-bond donors (Lipinski definition) is 3. The standard InChI is InChI=1S/C25H32ClF2N3O4/c1-15(11-16-5-4-10-29-20(16)32)30-21(33)19(13-23(2)14-25(23,27)28)31-22(34)35-24(8-9-24)17-6-3-7-18(26)12-17/h3,6-7,12,15-16,19H,4-5,8-11,13-14H2,1-2H3,(H,29,32)(H,30,33)(H,31,34)/t15-,16+,19?,23?/m1/s1. The monoisotopic (exact) mass is 511 g/mol. The van der Waals surface area contributed by atoms with Crippen molar-refractivity contribution in [1.82, 2.24) is 16.0 Å². The minimum atomic E-state index is -2.89. The largest absolute Gasteiger partial charge is 0.438 e. The number of alkyl halides is 2. The summed E-state index contributed by atoms with van der Waals surface area (Å²) in [5.41, 5.74) is -1.45. The van der Waals surface area contributed by atoms with Gasteiger partial charge in [0.05, 0.1) is 0 Å². The normalized spacial score (nSPS) is 27.7. The van der Waals surface area contributed by atoms with E-state index in [-0.39, 0.29) is 30.7 Å². The molecule has 2 aliphatic carbocycles. The molecule has 1 aromatic rings. The summed E-state index contributed by atoms with van der Waals surface area (Å²) in [6.45, 7) is 3.82.